The van der Waals surface area contributed by atoms with Crippen molar-refractivity contribution in [1.29, 1.82) is 0 Å². The standard InChI is InChI=1S/C18H25N5O4/c1-26-14-10-12-13(11-15(14)27-2)20-18(21-17(12)19)23-7-5-22(6-8-23)16(25)4-3-9-24/h10-11,24H,3-9H2,1-2H3,(H2,19,20,21). The summed E-state index contributed by atoms with van der Waals surface area (Å²) in [6, 6.07) is 3.55. The Morgan fingerprint density at radius 2 is 1.81 bits per heavy atom. The number of nitrogens with zero attached hydrogens (tertiary/aromatic N) is 4. The topological polar surface area (TPSA) is 114 Å². The Bertz CT molecular complexity index is 821. The first-order valence-electron chi connectivity index (χ1n) is 8.90. The maximum absolute atomic E-state index is 12.1. The Kier molecular flexibility index (Phi) is 5.80. The van der Waals surface area contributed by atoms with E-state index < -0.39 is 0 Å². The molecule has 3 N–H and O–H groups in total. The van der Waals surface area contributed by atoms with Crippen LogP contribution in [0.15, 0.2) is 12.1 Å². The molecule has 0 bridgehead atoms. The lowest BCUT2D eigenvalue weighted by molar-refractivity contribution is -0.131. The molecule has 1 aliphatic rings. The summed E-state index contributed by atoms with van der Waals surface area (Å²) in [5.74, 6) is 2.13. The molecule has 146 valence electrons. The van der Waals surface area contributed by atoms with Gasteiger partial charge in [-0.05, 0) is 12.5 Å². The third kappa shape index (κ3) is 3.97. The number of rotatable bonds is 6. The van der Waals surface area contributed by atoms with Crippen LogP contribution in [0.5, 0.6) is 11.5 Å². The third-order valence-corrected chi connectivity index (χ3v) is 4.68. The van der Waals surface area contributed by atoms with E-state index in [1.165, 1.54) is 0 Å². The zero-order valence-electron chi connectivity index (χ0n) is 15.6. The van der Waals surface area contributed by atoms with Gasteiger partial charge in [0.25, 0.3) is 0 Å². The maximum atomic E-state index is 12.1. The highest BCUT2D eigenvalue weighted by molar-refractivity contribution is 5.91. The van der Waals surface area contributed by atoms with Gasteiger partial charge in [0.2, 0.25) is 11.9 Å². The van der Waals surface area contributed by atoms with E-state index in [9.17, 15) is 4.79 Å². The Morgan fingerprint density at radius 3 is 2.44 bits per heavy atom. The molecule has 1 fully saturated rings. The lowest BCUT2D eigenvalue weighted by Crippen LogP contribution is -2.49. The monoisotopic (exact) mass is 375 g/mol. The van der Waals surface area contributed by atoms with Gasteiger partial charge in [-0.1, -0.05) is 0 Å². The molecule has 0 radical (unpaired) electrons. The molecule has 1 aromatic carbocycles. The lowest BCUT2D eigenvalue weighted by Gasteiger charge is -2.35. The van der Waals surface area contributed by atoms with Crippen LogP contribution < -0.4 is 20.1 Å². The summed E-state index contributed by atoms with van der Waals surface area (Å²) in [6.07, 6.45) is 0.867. The summed E-state index contributed by atoms with van der Waals surface area (Å²) in [5, 5.41) is 9.57. The first-order chi connectivity index (χ1) is 13.1. The number of amides is 1. The molecule has 2 heterocycles. The number of aromatic nitrogens is 2. The molecular formula is C18H25N5O4. The molecule has 0 atom stereocenters. The van der Waals surface area contributed by atoms with Gasteiger partial charge in [0.05, 0.1) is 19.7 Å². The minimum Gasteiger partial charge on any atom is -0.493 e. The average Bonchev–Trinajstić information content (AvgIpc) is 2.71. The summed E-state index contributed by atoms with van der Waals surface area (Å²) < 4.78 is 10.6. The molecule has 1 aliphatic heterocycles. The Labute approximate surface area is 157 Å². The van der Waals surface area contributed by atoms with E-state index in [2.05, 4.69) is 9.97 Å². The Hall–Kier alpha value is -2.81. The van der Waals surface area contributed by atoms with Gasteiger partial charge in [-0.25, -0.2) is 4.98 Å². The maximum Gasteiger partial charge on any atom is 0.228 e. The van der Waals surface area contributed by atoms with Crippen LogP contribution in [-0.4, -0.2) is 72.9 Å². The van der Waals surface area contributed by atoms with Gasteiger partial charge in [0.1, 0.15) is 5.82 Å². The van der Waals surface area contributed by atoms with Crippen molar-refractivity contribution in [3.8, 4) is 11.5 Å². The van der Waals surface area contributed by atoms with Gasteiger partial charge in [-0.2, -0.15) is 4.98 Å². The van der Waals surface area contributed by atoms with Crippen molar-refractivity contribution in [3.63, 3.8) is 0 Å². The van der Waals surface area contributed by atoms with Crippen LogP contribution in [0.1, 0.15) is 12.8 Å². The fraction of sp³-hybridized carbons (Fsp3) is 0.500. The highest BCUT2D eigenvalue weighted by Gasteiger charge is 2.23. The molecule has 1 amide bonds. The number of hydrogen-bond donors (Lipinski definition) is 2. The van der Waals surface area contributed by atoms with E-state index in [-0.39, 0.29) is 12.5 Å². The normalized spacial score (nSPS) is 14.5. The van der Waals surface area contributed by atoms with Gasteiger partial charge in [-0.3, -0.25) is 4.79 Å². The third-order valence-electron chi connectivity index (χ3n) is 4.68. The number of anilines is 2. The number of carbonyl (C=O) groups excluding carboxylic acids is 1. The van der Waals surface area contributed by atoms with Gasteiger partial charge in [0.15, 0.2) is 11.5 Å². The zero-order valence-corrected chi connectivity index (χ0v) is 15.6. The van der Waals surface area contributed by atoms with Crippen LogP contribution in [-0.2, 0) is 4.79 Å². The minimum atomic E-state index is 0.0319. The van der Waals surface area contributed by atoms with Crippen LogP contribution in [0.25, 0.3) is 10.9 Å². The molecule has 0 spiro atoms. The molecule has 0 saturated carbocycles. The van der Waals surface area contributed by atoms with Crippen molar-refractivity contribution in [2.24, 2.45) is 0 Å². The van der Waals surface area contributed by atoms with Gasteiger partial charge in [0, 0.05) is 50.7 Å². The van der Waals surface area contributed by atoms with Crippen molar-refractivity contribution in [2.75, 3.05) is 57.6 Å². The highest BCUT2D eigenvalue weighted by Crippen LogP contribution is 2.34. The van der Waals surface area contributed by atoms with Gasteiger partial charge in [-0.15, -0.1) is 0 Å². The molecule has 27 heavy (non-hydrogen) atoms. The van der Waals surface area contributed by atoms with Gasteiger partial charge < -0.3 is 30.1 Å². The van der Waals surface area contributed by atoms with Crippen LogP contribution in [0, 0.1) is 0 Å². The van der Waals surface area contributed by atoms with Crippen molar-refractivity contribution in [3.05, 3.63) is 12.1 Å². The molecule has 1 saturated heterocycles. The lowest BCUT2D eigenvalue weighted by atomic mass is 10.2. The summed E-state index contributed by atoms with van der Waals surface area (Å²) in [4.78, 5) is 25.0. The molecule has 9 nitrogen and oxygen atoms in total. The quantitative estimate of drug-likeness (QED) is 0.756. The average molecular weight is 375 g/mol. The van der Waals surface area contributed by atoms with Gasteiger partial charge >= 0.3 is 0 Å². The van der Waals surface area contributed by atoms with Crippen LogP contribution in [0.4, 0.5) is 11.8 Å². The summed E-state index contributed by atoms with van der Waals surface area (Å²) >= 11 is 0. The fourth-order valence-electron chi connectivity index (χ4n) is 3.15. The highest BCUT2D eigenvalue weighted by atomic mass is 16.5. The van der Waals surface area contributed by atoms with Crippen molar-refractivity contribution < 1.29 is 19.4 Å². The second kappa shape index (κ2) is 8.26. The Morgan fingerprint density at radius 1 is 1.15 bits per heavy atom. The Balaban J connectivity index is 1.79. The van der Waals surface area contributed by atoms with Crippen LogP contribution in [0.3, 0.4) is 0 Å². The summed E-state index contributed by atoms with van der Waals surface area (Å²) in [6.45, 7) is 2.48. The zero-order chi connectivity index (χ0) is 19.4. The van der Waals surface area contributed by atoms with Crippen molar-refractivity contribution in [1.82, 2.24) is 14.9 Å². The molecule has 0 aliphatic carbocycles. The molecule has 3 rings (SSSR count). The van der Waals surface area contributed by atoms with E-state index >= 15 is 0 Å². The van der Waals surface area contributed by atoms with E-state index in [0.29, 0.717) is 73.2 Å². The van der Waals surface area contributed by atoms with Crippen molar-refractivity contribution >= 4 is 28.6 Å². The second-order valence-electron chi connectivity index (χ2n) is 6.33. The number of benzene rings is 1. The SMILES string of the molecule is COc1cc2nc(N3CCN(C(=O)CCCO)CC3)nc(N)c2cc1OC. The van der Waals surface area contributed by atoms with E-state index in [1.807, 2.05) is 9.80 Å². The molecule has 2 aromatic rings. The fourth-order valence-corrected chi connectivity index (χ4v) is 3.15. The number of fused-ring (bicyclic) bond motifs is 1. The van der Waals surface area contributed by atoms with E-state index in [1.54, 1.807) is 26.4 Å². The molecule has 9 heteroatoms. The van der Waals surface area contributed by atoms with E-state index in [4.69, 9.17) is 20.3 Å². The van der Waals surface area contributed by atoms with E-state index in [0.717, 1.165) is 0 Å². The first kappa shape index (κ1) is 19.0. The number of ether oxygens (including phenoxy) is 2. The number of nitrogen functional groups attached to an aromatic ring is 1. The number of carbonyl (C=O) groups is 1. The van der Waals surface area contributed by atoms with Crippen LogP contribution >= 0.6 is 0 Å². The number of methoxy groups -OCH3 is 2. The molecule has 1 aromatic heterocycles. The minimum absolute atomic E-state index is 0.0319. The molecular weight excluding hydrogens is 350 g/mol. The summed E-state index contributed by atoms with van der Waals surface area (Å²) in [5.41, 5.74) is 6.82. The predicted octanol–water partition coefficient (Wildman–Crippen LogP) is 0.650. The number of hydrogen-bond acceptors (Lipinski definition) is 8. The second-order valence-corrected chi connectivity index (χ2v) is 6.33. The largest absolute Gasteiger partial charge is 0.493 e. The number of aliphatic hydroxyl groups excluding tert-OH is 1. The predicted molar refractivity (Wildman–Crippen MR) is 102 cm³/mol. The number of piperazine rings is 1. The first-order valence-corrected chi connectivity index (χ1v) is 8.90. The summed E-state index contributed by atoms with van der Waals surface area (Å²) in [7, 11) is 3.14. The smallest absolute Gasteiger partial charge is 0.228 e. The molecule has 0 unspecified atom stereocenters. The number of nitrogens with two attached hydrogens (primary N) is 1. The van der Waals surface area contributed by atoms with Crippen molar-refractivity contribution in [2.45, 2.75) is 12.8 Å². The number of aliphatic hydroxyl groups is 1. The van der Waals surface area contributed by atoms with Crippen LogP contribution in [0.2, 0.25) is 0 Å².